The molecule has 19 heavy (non-hydrogen) atoms. The molecule has 0 aromatic rings. The lowest BCUT2D eigenvalue weighted by atomic mass is 10.2. The molecule has 0 bridgehead atoms. The topological polar surface area (TPSA) is 68.4 Å². The fourth-order valence-corrected chi connectivity index (χ4v) is 6.97. The summed E-state index contributed by atoms with van der Waals surface area (Å²) in [6.07, 6.45) is 3.16. The normalized spacial score (nSPS) is 20.8. The molecule has 0 radical (unpaired) electrons. The third-order valence-electron chi connectivity index (χ3n) is 3.35. The lowest BCUT2D eigenvalue weighted by molar-refractivity contribution is -0.211. The van der Waals surface area contributed by atoms with Crippen molar-refractivity contribution in [3.63, 3.8) is 0 Å². The molecule has 0 aromatic heterocycles. The highest BCUT2D eigenvalue weighted by atomic mass is 28.4. The summed E-state index contributed by atoms with van der Waals surface area (Å²) in [6.45, 7) is 10.6. The minimum atomic E-state index is -2.45. The Morgan fingerprint density at radius 1 is 0.842 bits per heavy atom. The third kappa shape index (κ3) is 3.99. The van der Waals surface area contributed by atoms with Gasteiger partial charge in [0.25, 0.3) is 0 Å². The molecule has 1 aliphatic heterocycles. The van der Waals surface area contributed by atoms with Gasteiger partial charge >= 0.3 is 8.56 Å². The largest absolute Gasteiger partial charge is 0.412 e. The standard InChI is InChI=1S/C13H28O4Si.H2O/c1-5-14-13(15-6-2)11-9-10-12-18(13,16-7-3)17-8-4;/h5-12H2,1-4H3;1H2. The van der Waals surface area contributed by atoms with Crippen molar-refractivity contribution in [1.82, 2.24) is 0 Å². The van der Waals surface area contributed by atoms with Gasteiger partial charge in [-0.1, -0.05) is 6.42 Å². The van der Waals surface area contributed by atoms with Gasteiger partial charge in [0.15, 0.2) is 0 Å². The average Bonchev–Trinajstić information content (AvgIpc) is 2.34. The van der Waals surface area contributed by atoms with Gasteiger partial charge in [-0.3, -0.25) is 0 Å². The van der Waals surface area contributed by atoms with Crippen molar-refractivity contribution < 1.29 is 23.8 Å². The van der Waals surface area contributed by atoms with Crippen LogP contribution in [0.15, 0.2) is 0 Å². The van der Waals surface area contributed by atoms with Gasteiger partial charge in [0.1, 0.15) is 0 Å². The molecule has 2 N–H and O–H groups in total. The number of ether oxygens (including phenoxy) is 2. The fraction of sp³-hybridized carbons (Fsp3) is 1.00. The van der Waals surface area contributed by atoms with Crippen LogP contribution in [-0.2, 0) is 18.3 Å². The Labute approximate surface area is 118 Å². The number of hydrogen-bond donors (Lipinski definition) is 0. The van der Waals surface area contributed by atoms with Crippen LogP contribution in [0.3, 0.4) is 0 Å². The summed E-state index contributed by atoms with van der Waals surface area (Å²) in [6, 6.07) is 0.967. The van der Waals surface area contributed by atoms with Crippen LogP contribution in [0.1, 0.15) is 47.0 Å². The third-order valence-corrected chi connectivity index (χ3v) is 7.57. The summed E-state index contributed by atoms with van der Waals surface area (Å²) in [5, 5.41) is 0. The summed E-state index contributed by atoms with van der Waals surface area (Å²) >= 11 is 0. The van der Waals surface area contributed by atoms with Gasteiger partial charge in [0.2, 0.25) is 5.41 Å². The molecular formula is C13H30O5Si. The van der Waals surface area contributed by atoms with E-state index in [4.69, 9.17) is 18.3 Å². The van der Waals surface area contributed by atoms with Gasteiger partial charge in [0.05, 0.1) is 0 Å². The average molecular weight is 294 g/mol. The minimum Gasteiger partial charge on any atom is -0.412 e. The molecule has 0 aromatic carbocycles. The van der Waals surface area contributed by atoms with Crippen molar-refractivity contribution in [3.8, 4) is 0 Å². The Bertz CT molecular complexity index is 190. The highest BCUT2D eigenvalue weighted by molar-refractivity contribution is 6.70. The molecule has 0 atom stereocenters. The first kappa shape index (κ1) is 19.0. The van der Waals surface area contributed by atoms with E-state index in [1.807, 2.05) is 27.7 Å². The van der Waals surface area contributed by atoms with Gasteiger partial charge in [-0.05, 0) is 40.2 Å². The molecule has 1 heterocycles. The second-order valence-electron chi connectivity index (χ2n) is 4.44. The zero-order chi connectivity index (χ0) is 13.5. The first-order chi connectivity index (χ1) is 8.70. The molecule has 0 amide bonds. The highest BCUT2D eigenvalue weighted by Gasteiger charge is 2.61. The molecular weight excluding hydrogens is 264 g/mol. The summed E-state index contributed by atoms with van der Waals surface area (Å²) in [4.78, 5) is 0. The van der Waals surface area contributed by atoms with Gasteiger partial charge in [0, 0.05) is 32.8 Å². The molecule has 6 heteroatoms. The van der Waals surface area contributed by atoms with Gasteiger partial charge < -0.3 is 23.8 Å². The van der Waals surface area contributed by atoms with Gasteiger partial charge in [-0.15, -0.1) is 0 Å². The second kappa shape index (κ2) is 9.04. The van der Waals surface area contributed by atoms with E-state index >= 15 is 0 Å². The molecule has 0 saturated carbocycles. The van der Waals surface area contributed by atoms with Crippen LogP contribution in [0, 0.1) is 0 Å². The van der Waals surface area contributed by atoms with Crippen LogP contribution in [0.4, 0.5) is 0 Å². The van der Waals surface area contributed by atoms with Crippen molar-refractivity contribution in [2.45, 2.75) is 58.4 Å². The lowest BCUT2D eigenvalue weighted by Crippen LogP contribution is -2.67. The molecule has 0 aliphatic carbocycles. The summed E-state index contributed by atoms with van der Waals surface area (Å²) in [5.74, 6) is 0. The molecule has 5 nitrogen and oxygen atoms in total. The van der Waals surface area contributed by atoms with Crippen LogP contribution < -0.4 is 0 Å². The summed E-state index contributed by atoms with van der Waals surface area (Å²) < 4.78 is 24.2. The maximum absolute atomic E-state index is 6.10. The first-order valence-electron chi connectivity index (χ1n) is 7.26. The molecule has 0 spiro atoms. The predicted molar refractivity (Wildman–Crippen MR) is 77.3 cm³/mol. The van der Waals surface area contributed by atoms with E-state index in [2.05, 4.69) is 0 Å². The van der Waals surface area contributed by atoms with E-state index in [9.17, 15) is 0 Å². The Balaban J connectivity index is 0.00000324. The summed E-state index contributed by atoms with van der Waals surface area (Å²) in [5.41, 5.74) is -0.610. The first-order valence-corrected chi connectivity index (χ1v) is 9.28. The molecule has 116 valence electrons. The summed E-state index contributed by atoms with van der Waals surface area (Å²) in [7, 11) is -2.45. The Kier molecular flexibility index (Phi) is 9.05. The maximum Gasteiger partial charge on any atom is 0.399 e. The minimum absolute atomic E-state index is 0. The number of rotatable bonds is 8. The maximum atomic E-state index is 6.10. The van der Waals surface area contributed by atoms with Crippen molar-refractivity contribution in [3.05, 3.63) is 0 Å². The van der Waals surface area contributed by atoms with Crippen LogP contribution in [0.25, 0.3) is 0 Å². The van der Waals surface area contributed by atoms with E-state index in [1.165, 1.54) is 0 Å². The Morgan fingerprint density at radius 3 is 1.79 bits per heavy atom. The highest BCUT2D eigenvalue weighted by Crippen LogP contribution is 2.41. The quantitative estimate of drug-likeness (QED) is 0.508. The van der Waals surface area contributed by atoms with E-state index < -0.39 is 14.0 Å². The van der Waals surface area contributed by atoms with Crippen molar-refractivity contribution >= 4 is 8.56 Å². The zero-order valence-corrected chi connectivity index (χ0v) is 13.8. The fourth-order valence-electron chi connectivity index (χ4n) is 2.84. The number of hydrogen-bond acceptors (Lipinski definition) is 4. The molecule has 1 rings (SSSR count). The molecule has 0 unspecified atom stereocenters. The van der Waals surface area contributed by atoms with Crippen molar-refractivity contribution in [2.24, 2.45) is 0 Å². The van der Waals surface area contributed by atoms with Gasteiger partial charge in [-0.2, -0.15) is 0 Å². The zero-order valence-electron chi connectivity index (χ0n) is 12.8. The smallest absolute Gasteiger partial charge is 0.399 e. The SMILES string of the molecule is CCOC1(OCC)CCCC[Si]1(OCC)OCC.O. The van der Waals surface area contributed by atoms with Crippen LogP contribution in [0.2, 0.25) is 6.04 Å². The Morgan fingerprint density at radius 2 is 1.37 bits per heavy atom. The van der Waals surface area contributed by atoms with E-state index in [1.54, 1.807) is 0 Å². The van der Waals surface area contributed by atoms with E-state index in [0.717, 1.165) is 25.3 Å². The lowest BCUT2D eigenvalue weighted by Gasteiger charge is -2.48. The van der Waals surface area contributed by atoms with Gasteiger partial charge in [-0.25, -0.2) is 0 Å². The van der Waals surface area contributed by atoms with E-state index in [-0.39, 0.29) is 5.48 Å². The monoisotopic (exact) mass is 294 g/mol. The molecule has 1 fully saturated rings. The predicted octanol–water partition coefficient (Wildman–Crippen LogP) is 2.17. The molecule has 1 saturated heterocycles. The van der Waals surface area contributed by atoms with Crippen LogP contribution in [-0.4, -0.2) is 45.9 Å². The second-order valence-corrected chi connectivity index (χ2v) is 7.79. The van der Waals surface area contributed by atoms with Crippen molar-refractivity contribution in [2.75, 3.05) is 26.4 Å². The van der Waals surface area contributed by atoms with E-state index in [0.29, 0.717) is 26.4 Å². The van der Waals surface area contributed by atoms with Crippen molar-refractivity contribution in [1.29, 1.82) is 0 Å². The molecule has 1 aliphatic rings. The van der Waals surface area contributed by atoms with Crippen LogP contribution >= 0.6 is 0 Å². The van der Waals surface area contributed by atoms with Crippen LogP contribution in [0.5, 0.6) is 0 Å². The Hall–Kier alpha value is 0.0169.